The van der Waals surface area contributed by atoms with Crippen LogP contribution in [0, 0.1) is 6.92 Å². The van der Waals surface area contributed by atoms with Gasteiger partial charge >= 0.3 is 0 Å². The van der Waals surface area contributed by atoms with Crippen LogP contribution in [0.3, 0.4) is 0 Å². The molecule has 2 aromatic rings. The quantitative estimate of drug-likeness (QED) is 0.418. The van der Waals surface area contributed by atoms with Crippen LogP contribution in [-0.2, 0) is 26.2 Å². The monoisotopic (exact) mass is 541 g/mol. The predicted molar refractivity (Wildman–Crippen MR) is 142 cm³/mol. The van der Waals surface area contributed by atoms with Gasteiger partial charge in [-0.1, -0.05) is 53.9 Å². The van der Waals surface area contributed by atoms with Gasteiger partial charge in [-0.2, -0.15) is 0 Å². The molecule has 1 unspecified atom stereocenters. The molecule has 1 N–H and O–H groups in total. The number of nitrogens with one attached hydrogen (secondary N) is 1. The maximum atomic E-state index is 13.3. The summed E-state index contributed by atoms with van der Waals surface area (Å²) in [7, 11) is -3.54. The van der Waals surface area contributed by atoms with Gasteiger partial charge in [-0.25, -0.2) is 8.42 Å². The zero-order valence-corrected chi connectivity index (χ0v) is 22.9. The summed E-state index contributed by atoms with van der Waals surface area (Å²) in [4.78, 5) is 27.4. The molecule has 0 aliphatic heterocycles. The van der Waals surface area contributed by atoms with Crippen LogP contribution in [0.5, 0.6) is 0 Å². The molecule has 10 heteroatoms. The molecule has 0 fully saturated rings. The summed E-state index contributed by atoms with van der Waals surface area (Å²) in [6, 6.07) is 11.5. The molecule has 2 rings (SSSR count). The van der Waals surface area contributed by atoms with E-state index in [2.05, 4.69) is 5.32 Å². The predicted octanol–water partition coefficient (Wildman–Crippen LogP) is 4.79. The molecule has 0 spiro atoms. The third kappa shape index (κ3) is 8.40. The molecule has 0 aliphatic carbocycles. The van der Waals surface area contributed by atoms with Crippen molar-refractivity contribution in [2.24, 2.45) is 0 Å². The molecular formula is C25H33Cl2N3O4S. The lowest BCUT2D eigenvalue weighted by Crippen LogP contribution is -2.48. The average Bonchev–Trinajstić information content (AvgIpc) is 2.79. The van der Waals surface area contributed by atoms with Gasteiger partial charge in [0.1, 0.15) is 6.04 Å². The number of carbonyl (C=O) groups is 2. The molecule has 2 amide bonds. The zero-order chi connectivity index (χ0) is 26.2. The second-order valence-electron chi connectivity index (χ2n) is 8.46. The molecule has 0 saturated carbocycles. The Morgan fingerprint density at radius 2 is 1.66 bits per heavy atom. The first kappa shape index (κ1) is 28.9. The topological polar surface area (TPSA) is 86.8 Å². The van der Waals surface area contributed by atoms with Gasteiger partial charge in [-0.3, -0.25) is 13.9 Å². The first-order valence-corrected chi connectivity index (χ1v) is 14.1. The number of hydrogen-bond donors (Lipinski definition) is 1. The molecule has 7 nitrogen and oxygen atoms in total. The summed E-state index contributed by atoms with van der Waals surface area (Å²) < 4.78 is 26.1. The fourth-order valence-electron chi connectivity index (χ4n) is 3.55. The Bertz CT molecular complexity index is 1100. The van der Waals surface area contributed by atoms with Crippen LogP contribution in [0.15, 0.2) is 42.5 Å². The van der Waals surface area contributed by atoms with Crippen LogP contribution in [0.1, 0.15) is 44.2 Å². The number of aryl methyl sites for hydroxylation is 1. The second kappa shape index (κ2) is 13.1. The van der Waals surface area contributed by atoms with Crippen molar-refractivity contribution >= 4 is 50.7 Å². The van der Waals surface area contributed by atoms with E-state index in [4.69, 9.17) is 23.2 Å². The van der Waals surface area contributed by atoms with E-state index in [1.54, 1.807) is 37.3 Å². The first-order valence-electron chi connectivity index (χ1n) is 11.5. The van der Waals surface area contributed by atoms with Crippen LogP contribution in [0.4, 0.5) is 5.69 Å². The number of benzene rings is 2. The van der Waals surface area contributed by atoms with Crippen molar-refractivity contribution in [3.05, 3.63) is 63.6 Å². The van der Waals surface area contributed by atoms with Gasteiger partial charge in [-0.15, -0.1) is 0 Å². The standard InChI is InChI=1S/C25H33Cl2N3O4S/c1-5-15-28-25(32)19(3)29(17-21-22(26)8-6-9-23(21)27)24(31)10-7-16-30(35(4,33)34)20-13-11-18(2)12-14-20/h6,8-9,11-14,19H,5,7,10,15-17H2,1-4H3,(H,28,32). The highest BCUT2D eigenvalue weighted by atomic mass is 35.5. The molecule has 0 aliphatic rings. The van der Waals surface area contributed by atoms with Gasteiger partial charge < -0.3 is 10.2 Å². The van der Waals surface area contributed by atoms with Crippen molar-refractivity contribution in [1.29, 1.82) is 0 Å². The summed E-state index contributed by atoms with van der Waals surface area (Å²) in [6.45, 7) is 6.21. The van der Waals surface area contributed by atoms with E-state index in [-0.39, 0.29) is 37.7 Å². The summed E-state index contributed by atoms with van der Waals surface area (Å²) in [5.41, 5.74) is 2.11. The zero-order valence-electron chi connectivity index (χ0n) is 20.6. The molecule has 1 atom stereocenters. The summed E-state index contributed by atoms with van der Waals surface area (Å²) in [5.74, 6) is -0.571. The van der Waals surface area contributed by atoms with Gasteiger partial charge in [0.15, 0.2) is 0 Å². The van der Waals surface area contributed by atoms with Gasteiger partial charge in [0.2, 0.25) is 21.8 Å². The van der Waals surface area contributed by atoms with E-state index in [0.717, 1.165) is 18.2 Å². The number of rotatable bonds is 12. The van der Waals surface area contributed by atoms with Crippen LogP contribution in [-0.4, -0.2) is 50.5 Å². The maximum Gasteiger partial charge on any atom is 0.242 e. The van der Waals surface area contributed by atoms with Crippen LogP contribution < -0.4 is 9.62 Å². The Morgan fingerprint density at radius 1 is 1.06 bits per heavy atom. The number of nitrogens with zero attached hydrogens (tertiary/aromatic N) is 2. The average molecular weight is 543 g/mol. The van der Waals surface area contributed by atoms with Crippen molar-refractivity contribution in [2.45, 2.75) is 52.6 Å². The minimum Gasteiger partial charge on any atom is -0.354 e. The molecule has 0 radical (unpaired) electrons. The number of carbonyl (C=O) groups excluding carboxylic acids is 2. The molecule has 0 aromatic heterocycles. The summed E-state index contributed by atoms with van der Waals surface area (Å²) >= 11 is 12.6. The fourth-order valence-corrected chi connectivity index (χ4v) is 5.03. The Morgan fingerprint density at radius 3 is 2.20 bits per heavy atom. The third-order valence-electron chi connectivity index (χ3n) is 5.58. The van der Waals surface area contributed by atoms with Crippen molar-refractivity contribution in [3.63, 3.8) is 0 Å². The lowest BCUT2D eigenvalue weighted by atomic mass is 10.1. The van der Waals surface area contributed by atoms with Crippen molar-refractivity contribution < 1.29 is 18.0 Å². The van der Waals surface area contributed by atoms with E-state index in [0.29, 0.717) is 27.8 Å². The normalized spacial score (nSPS) is 12.2. The lowest BCUT2D eigenvalue weighted by molar-refractivity contribution is -0.140. The number of amides is 2. The highest BCUT2D eigenvalue weighted by Gasteiger charge is 2.27. The van der Waals surface area contributed by atoms with E-state index in [1.807, 2.05) is 26.0 Å². The SMILES string of the molecule is CCCNC(=O)C(C)N(Cc1c(Cl)cccc1Cl)C(=O)CCCN(c1ccc(C)cc1)S(C)(=O)=O. The number of halogens is 2. The fraction of sp³-hybridized carbons (Fsp3) is 0.440. The summed E-state index contributed by atoms with van der Waals surface area (Å²) in [5, 5.41) is 3.62. The van der Waals surface area contributed by atoms with Gasteiger partial charge in [-0.05, 0) is 51.0 Å². The van der Waals surface area contributed by atoms with Crippen molar-refractivity contribution in [3.8, 4) is 0 Å². The molecular weight excluding hydrogens is 509 g/mol. The number of anilines is 1. The summed E-state index contributed by atoms with van der Waals surface area (Å²) in [6.07, 6.45) is 2.23. The molecule has 192 valence electrons. The van der Waals surface area contributed by atoms with Crippen molar-refractivity contribution in [2.75, 3.05) is 23.7 Å². The van der Waals surface area contributed by atoms with E-state index in [9.17, 15) is 18.0 Å². The van der Waals surface area contributed by atoms with Crippen LogP contribution in [0.25, 0.3) is 0 Å². The molecule has 35 heavy (non-hydrogen) atoms. The minimum atomic E-state index is -3.54. The molecule has 2 aromatic carbocycles. The molecule has 0 heterocycles. The van der Waals surface area contributed by atoms with E-state index >= 15 is 0 Å². The minimum absolute atomic E-state index is 0.0470. The lowest BCUT2D eigenvalue weighted by Gasteiger charge is -2.30. The van der Waals surface area contributed by atoms with Gasteiger partial charge in [0.05, 0.1) is 11.9 Å². The molecule has 0 saturated heterocycles. The van der Waals surface area contributed by atoms with Gasteiger partial charge in [0, 0.05) is 41.7 Å². The Hall–Kier alpha value is -2.29. The maximum absolute atomic E-state index is 13.3. The Kier molecular flexibility index (Phi) is 10.9. The van der Waals surface area contributed by atoms with Gasteiger partial charge in [0.25, 0.3) is 0 Å². The first-order chi connectivity index (χ1) is 16.5. The number of sulfonamides is 1. The molecule has 0 bridgehead atoms. The van der Waals surface area contributed by atoms with E-state index in [1.165, 1.54) is 9.21 Å². The van der Waals surface area contributed by atoms with Crippen LogP contribution >= 0.6 is 23.2 Å². The van der Waals surface area contributed by atoms with E-state index < -0.39 is 16.1 Å². The smallest absolute Gasteiger partial charge is 0.242 e. The second-order valence-corrected chi connectivity index (χ2v) is 11.2. The largest absolute Gasteiger partial charge is 0.354 e. The Labute approximate surface area is 218 Å². The van der Waals surface area contributed by atoms with Crippen LogP contribution in [0.2, 0.25) is 10.0 Å². The Balaban J connectivity index is 2.20. The number of hydrogen-bond acceptors (Lipinski definition) is 4. The third-order valence-corrected chi connectivity index (χ3v) is 7.48. The van der Waals surface area contributed by atoms with Crippen molar-refractivity contribution in [1.82, 2.24) is 10.2 Å². The highest BCUT2D eigenvalue weighted by molar-refractivity contribution is 7.92. The highest BCUT2D eigenvalue weighted by Crippen LogP contribution is 2.27.